The molecule has 0 radical (unpaired) electrons. The highest BCUT2D eigenvalue weighted by Crippen LogP contribution is 2.34. The topological polar surface area (TPSA) is 71.9 Å². The molecule has 0 N–H and O–H groups in total. The Hall–Kier alpha value is -3.78. The number of rotatable bonds is 7. The second-order valence-corrected chi connectivity index (χ2v) is 10.6. The van der Waals surface area contributed by atoms with E-state index in [4.69, 9.17) is 4.74 Å². The number of benzene rings is 2. The van der Waals surface area contributed by atoms with Crippen LogP contribution >= 0.6 is 11.8 Å². The molecule has 2 aromatic carbocycles. The van der Waals surface area contributed by atoms with Crippen molar-refractivity contribution in [2.75, 3.05) is 19.6 Å². The molecule has 2 aliphatic heterocycles. The van der Waals surface area contributed by atoms with Gasteiger partial charge in [-0.1, -0.05) is 30.3 Å². The van der Waals surface area contributed by atoms with Crippen molar-refractivity contribution < 1.29 is 19.1 Å². The highest BCUT2D eigenvalue weighted by molar-refractivity contribution is 8.18. The third-order valence-corrected chi connectivity index (χ3v) is 7.88. The smallest absolute Gasteiger partial charge is 0.294 e. The van der Waals surface area contributed by atoms with E-state index in [0.29, 0.717) is 24.6 Å². The Morgan fingerprint density at radius 3 is 2.39 bits per heavy atom. The molecule has 3 aromatic rings. The number of aryl methyl sites for hydroxylation is 1. The van der Waals surface area contributed by atoms with Crippen molar-refractivity contribution in [1.29, 1.82) is 0 Å². The molecule has 3 amide bonds. The van der Waals surface area contributed by atoms with E-state index in [9.17, 15) is 14.4 Å². The van der Waals surface area contributed by atoms with Gasteiger partial charge in [-0.25, -0.2) is 0 Å². The molecule has 1 aromatic heterocycles. The van der Waals surface area contributed by atoms with Crippen LogP contribution in [-0.2, 0) is 16.2 Å². The van der Waals surface area contributed by atoms with Crippen LogP contribution in [0.25, 0.3) is 11.8 Å². The summed E-state index contributed by atoms with van der Waals surface area (Å²) in [6.07, 6.45) is 4.80. The molecule has 0 bridgehead atoms. The lowest BCUT2D eigenvalue weighted by Crippen LogP contribution is -2.44. The summed E-state index contributed by atoms with van der Waals surface area (Å²) in [5, 5.41) is -0.397. The van der Waals surface area contributed by atoms with Crippen molar-refractivity contribution in [3.63, 3.8) is 0 Å². The fraction of sp³-hybridized carbons (Fsp3) is 0.300. The molecular weight excluding hydrogens is 498 g/mol. The lowest BCUT2D eigenvalue weighted by Gasteiger charge is -2.27. The summed E-state index contributed by atoms with van der Waals surface area (Å²) in [5.74, 6) is 0.214. The number of nitrogens with zero attached hydrogens (tertiary/aromatic N) is 3. The standard InChI is InChI=1S/C30H31N3O4S/c1-21-17-24(18-27-29(35)32(30(36)38-27)19-28(34)31-15-7-4-8-16-31)22(2)33(21)25-11-13-26(14-12-25)37-20-23-9-5-3-6-10-23/h3,5-6,9-14,17-18H,4,7-8,15-16,19-20H2,1-2H3/b27-18-. The maximum Gasteiger partial charge on any atom is 0.294 e. The second kappa shape index (κ2) is 11.3. The lowest BCUT2D eigenvalue weighted by molar-refractivity contribution is -0.136. The molecule has 0 saturated carbocycles. The van der Waals surface area contributed by atoms with Gasteiger partial charge in [-0.15, -0.1) is 0 Å². The molecular formula is C30H31N3O4S. The van der Waals surface area contributed by atoms with Gasteiger partial charge in [0, 0.05) is 30.2 Å². The average molecular weight is 530 g/mol. The van der Waals surface area contributed by atoms with Gasteiger partial charge in [0.2, 0.25) is 5.91 Å². The fourth-order valence-electron chi connectivity index (χ4n) is 4.92. The number of imide groups is 1. The summed E-state index contributed by atoms with van der Waals surface area (Å²) in [4.78, 5) is 41.4. The molecule has 0 aliphatic carbocycles. The largest absolute Gasteiger partial charge is 0.489 e. The van der Waals surface area contributed by atoms with E-state index in [-0.39, 0.29) is 12.5 Å². The van der Waals surface area contributed by atoms with Gasteiger partial charge in [0.25, 0.3) is 11.1 Å². The zero-order valence-corrected chi connectivity index (χ0v) is 22.5. The first-order chi connectivity index (χ1) is 18.4. The quantitative estimate of drug-likeness (QED) is 0.366. The van der Waals surface area contributed by atoms with Gasteiger partial charge in [0.05, 0.1) is 4.91 Å². The molecule has 2 saturated heterocycles. The molecule has 5 rings (SSSR count). The van der Waals surface area contributed by atoms with Crippen LogP contribution in [0.5, 0.6) is 5.75 Å². The normalized spacial score (nSPS) is 16.9. The lowest BCUT2D eigenvalue weighted by atomic mass is 10.1. The maximum absolute atomic E-state index is 13.0. The van der Waals surface area contributed by atoms with Crippen molar-refractivity contribution >= 4 is 34.9 Å². The number of carbonyl (C=O) groups excluding carboxylic acids is 3. The minimum Gasteiger partial charge on any atom is -0.489 e. The van der Waals surface area contributed by atoms with Crippen molar-refractivity contribution in [2.45, 2.75) is 39.7 Å². The van der Waals surface area contributed by atoms with Crippen LogP contribution in [0.1, 0.15) is 41.8 Å². The summed E-state index contributed by atoms with van der Waals surface area (Å²) >= 11 is 0.892. The van der Waals surface area contributed by atoms with Gasteiger partial charge in [-0.3, -0.25) is 19.3 Å². The Labute approximate surface area is 227 Å². The van der Waals surface area contributed by atoms with Gasteiger partial charge in [-0.2, -0.15) is 0 Å². The Morgan fingerprint density at radius 1 is 0.974 bits per heavy atom. The van der Waals surface area contributed by atoms with Crippen LogP contribution in [0.2, 0.25) is 0 Å². The Balaban J connectivity index is 1.29. The number of thioether (sulfide) groups is 1. The van der Waals surface area contributed by atoms with Crippen LogP contribution in [-0.4, -0.2) is 51.1 Å². The molecule has 0 spiro atoms. The minimum atomic E-state index is -0.407. The SMILES string of the molecule is Cc1cc(/C=C2\SC(=O)N(CC(=O)N3CCCCC3)C2=O)c(C)n1-c1ccc(OCc2ccccc2)cc1. The number of piperidine rings is 1. The number of aromatic nitrogens is 1. The van der Waals surface area contributed by atoms with Crippen LogP contribution in [0.4, 0.5) is 4.79 Å². The number of likely N-dealkylation sites (tertiary alicyclic amines) is 1. The molecule has 7 nitrogen and oxygen atoms in total. The summed E-state index contributed by atoms with van der Waals surface area (Å²) in [7, 11) is 0. The van der Waals surface area contributed by atoms with Gasteiger partial charge >= 0.3 is 0 Å². The van der Waals surface area contributed by atoms with Gasteiger partial charge in [0.1, 0.15) is 18.9 Å². The molecule has 3 heterocycles. The highest BCUT2D eigenvalue weighted by atomic mass is 32.2. The monoisotopic (exact) mass is 529 g/mol. The molecule has 0 unspecified atom stereocenters. The molecule has 2 aliphatic rings. The predicted molar refractivity (Wildman–Crippen MR) is 149 cm³/mol. The number of ether oxygens (including phenoxy) is 1. The molecule has 8 heteroatoms. The van der Waals surface area contributed by atoms with E-state index in [1.807, 2.05) is 74.5 Å². The van der Waals surface area contributed by atoms with Crippen molar-refractivity contribution in [1.82, 2.24) is 14.4 Å². The van der Waals surface area contributed by atoms with Crippen molar-refractivity contribution in [2.24, 2.45) is 0 Å². The maximum atomic E-state index is 13.0. The first-order valence-electron chi connectivity index (χ1n) is 12.9. The Kier molecular flexibility index (Phi) is 7.69. The number of amides is 3. The summed E-state index contributed by atoms with van der Waals surface area (Å²) in [5.41, 5.74) is 4.91. The Morgan fingerprint density at radius 2 is 1.68 bits per heavy atom. The van der Waals surface area contributed by atoms with Gasteiger partial charge < -0.3 is 14.2 Å². The third-order valence-electron chi connectivity index (χ3n) is 6.98. The first kappa shape index (κ1) is 25.9. The van der Waals surface area contributed by atoms with E-state index >= 15 is 0 Å². The van der Waals surface area contributed by atoms with E-state index in [1.165, 1.54) is 0 Å². The van der Waals surface area contributed by atoms with E-state index in [1.54, 1.807) is 11.0 Å². The van der Waals surface area contributed by atoms with Crippen LogP contribution in [0, 0.1) is 13.8 Å². The Bertz CT molecular complexity index is 1370. The van der Waals surface area contributed by atoms with Crippen molar-refractivity contribution in [3.05, 3.63) is 88.1 Å². The molecule has 2 fully saturated rings. The molecule has 38 heavy (non-hydrogen) atoms. The summed E-state index contributed by atoms with van der Waals surface area (Å²) < 4.78 is 8.02. The zero-order valence-electron chi connectivity index (χ0n) is 21.7. The average Bonchev–Trinajstić information content (AvgIpc) is 3.37. The highest BCUT2D eigenvalue weighted by Gasteiger charge is 2.37. The molecule has 0 atom stereocenters. The summed E-state index contributed by atoms with van der Waals surface area (Å²) in [6, 6.07) is 19.9. The van der Waals surface area contributed by atoms with Crippen LogP contribution < -0.4 is 4.74 Å². The third kappa shape index (κ3) is 5.55. The zero-order chi connectivity index (χ0) is 26.6. The first-order valence-corrected chi connectivity index (χ1v) is 13.7. The van der Waals surface area contributed by atoms with E-state index in [2.05, 4.69) is 4.57 Å². The number of hydrogen-bond donors (Lipinski definition) is 0. The number of hydrogen-bond acceptors (Lipinski definition) is 5. The fourth-order valence-corrected chi connectivity index (χ4v) is 5.75. The minimum absolute atomic E-state index is 0.164. The van der Waals surface area contributed by atoms with Crippen LogP contribution in [0.3, 0.4) is 0 Å². The number of carbonyl (C=O) groups is 3. The second-order valence-electron chi connectivity index (χ2n) is 9.64. The van der Waals surface area contributed by atoms with Gasteiger partial charge in [-0.05, 0) is 92.4 Å². The van der Waals surface area contributed by atoms with E-state index in [0.717, 1.165) is 69.9 Å². The molecule has 196 valence electrons. The van der Waals surface area contributed by atoms with Gasteiger partial charge in [0.15, 0.2) is 0 Å². The van der Waals surface area contributed by atoms with Crippen LogP contribution in [0.15, 0.2) is 65.6 Å². The van der Waals surface area contributed by atoms with E-state index < -0.39 is 11.1 Å². The van der Waals surface area contributed by atoms with Crippen molar-refractivity contribution in [3.8, 4) is 11.4 Å². The predicted octanol–water partition coefficient (Wildman–Crippen LogP) is 5.72. The summed E-state index contributed by atoms with van der Waals surface area (Å²) in [6.45, 7) is 5.69.